The van der Waals surface area contributed by atoms with Crippen LogP contribution in [0.5, 0.6) is 0 Å². The van der Waals surface area contributed by atoms with Crippen LogP contribution in [0.4, 0.5) is 0 Å². The summed E-state index contributed by atoms with van der Waals surface area (Å²) in [6, 6.07) is 9.71. The van der Waals surface area contributed by atoms with Crippen molar-refractivity contribution in [2.45, 2.75) is 13.3 Å². The molecule has 3 heteroatoms. The fourth-order valence-corrected chi connectivity index (χ4v) is 2.16. The second-order valence-corrected chi connectivity index (χ2v) is 4.19. The number of allylic oxidation sites excluding steroid dienone is 2. The molecule has 0 bridgehead atoms. The van der Waals surface area contributed by atoms with Crippen molar-refractivity contribution < 1.29 is 0 Å². The van der Waals surface area contributed by atoms with Crippen LogP contribution in [0.3, 0.4) is 0 Å². The highest BCUT2D eigenvalue weighted by Crippen LogP contribution is 2.23. The smallest absolute Gasteiger partial charge is 0.258 e. The van der Waals surface area contributed by atoms with Crippen LogP contribution in [-0.2, 0) is 6.42 Å². The molecule has 1 heterocycles. The summed E-state index contributed by atoms with van der Waals surface area (Å²) in [4.78, 5) is 19.4. The predicted molar refractivity (Wildman–Crippen MR) is 67.6 cm³/mol. The Kier molecular flexibility index (Phi) is 2.18. The summed E-state index contributed by atoms with van der Waals surface area (Å²) in [5.74, 6) is 0.650. The van der Waals surface area contributed by atoms with Gasteiger partial charge in [0.15, 0.2) is 0 Å². The zero-order valence-corrected chi connectivity index (χ0v) is 9.53. The van der Waals surface area contributed by atoms with E-state index in [4.69, 9.17) is 0 Å². The number of nitrogens with one attached hydrogen (secondary N) is 1. The van der Waals surface area contributed by atoms with Crippen LogP contribution >= 0.6 is 0 Å². The van der Waals surface area contributed by atoms with Crippen molar-refractivity contribution >= 4 is 5.57 Å². The Morgan fingerprint density at radius 3 is 2.76 bits per heavy atom. The van der Waals surface area contributed by atoms with Gasteiger partial charge in [-0.15, -0.1) is 0 Å². The van der Waals surface area contributed by atoms with E-state index in [0.717, 1.165) is 28.8 Å². The van der Waals surface area contributed by atoms with E-state index >= 15 is 0 Å². The van der Waals surface area contributed by atoms with Gasteiger partial charge in [0.25, 0.3) is 5.56 Å². The highest BCUT2D eigenvalue weighted by atomic mass is 16.1. The van der Waals surface area contributed by atoms with Crippen LogP contribution in [0.25, 0.3) is 17.0 Å². The Balaban J connectivity index is 2.19. The largest absolute Gasteiger partial charge is 0.306 e. The first-order valence-corrected chi connectivity index (χ1v) is 5.61. The number of rotatable bonds is 1. The van der Waals surface area contributed by atoms with Gasteiger partial charge in [-0.05, 0) is 12.5 Å². The van der Waals surface area contributed by atoms with Crippen LogP contribution in [0.15, 0.2) is 41.2 Å². The molecule has 0 radical (unpaired) electrons. The molecule has 0 saturated carbocycles. The molecule has 0 spiro atoms. The van der Waals surface area contributed by atoms with E-state index in [1.165, 1.54) is 0 Å². The van der Waals surface area contributed by atoms with Crippen LogP contribution in [0, 0.1) is 0 Å². The second-order valence-electron chi connectivity index (χ2n) is 4.19. The summed E-state index contributed by atoms with van der Waals surface area (Å²) in [5, 5.41) is 0. The summed E-state index contributed by atoms with van der Waals surface area (Å²) in [6.07, 6.45) is 2.80. The molecule has 17 heavy (non-hydrogen) atoms. The Bertz CT molecular complexity index is 654. The summed E-state index contributed by atoms with van der Waals surface area (Å²) >= 11 is 0. The monoisotopic (exact) mass is 224 g/mol. The van der Waals surface area contributed by atoms with Crippen LogP contribution in [0.2, 0.25) is 0 Å². The minimum atomic E-state index is -0.0416. The van der Waals surface area contributed by atoms with Crippen molar-refractivity contribution in [2.75, 3.05) is 0 Å². The molecule has 0 fully saturated rings. The summed E-state index contributed by atoms with van der Waals surface area (Å²) < 4.78 is 0. The van der Waals surface area contributed by atoms with Crippen molar-refractivity contribution in [2.24, 2.45) is 0 Å². The van der Waals surface area contributed by atoms with Gasteiger partial charge in [0.1, 0.15) is 5.82 Å². The number of aromatic nitrogens is 2. The molecule has 2 aromatic rings. The molecule has 1 aromatic carbocycles. The van der Waals surface area contributed by atoms with Gasteiger partial charge in [-0.1, -0.05) is 36.4 Å². The van der Waals surface area contributed by atoms with Gasteiger partial charge < -0.3 is 4.98 Å². The van der Waals surface area contributed by atoms with Crippen molar-refractivity contribution in [1.82, 2.24) is 9.97 Å². The zero-order valence-electron chi connectivity index (χ0n) is 9.53. The number of fused-ring (bicyclic) bond motifs is 1. The lowest BCUT2D eigenvalue weighted by Gasteiger charge is -2.04. The molecule has 1 aliphatic rings. The third kappa shape index (κ3) is 1.60. The maximum Gasteiger partial charge on any atom is 0.258 e. The van der Waals surface area contributed by atoms with E-state index in [1.807, 2.05) is 43.3 Å². The fourth-order valence-electron chi connectivity index (χ4n) is 2.16. The fraction of sp³-hybridized carbons (Fsp3) is 0.143. The molecule has 0 amide bonds. The van der Waals surface area contributed by atoms with E-state index < -0.39 is 0 Å². The van der Waals surface area contributed by atoms with Gasteiger partial charge in [-0.3, -0.25) is 4.79 Å². The minimum absolute atomic E-state index is 0.0416. The molecule has 3 nitrogen and oxygen atoms in total. The number of benzene rings is 1. The highest BCUT2D eigenvalue weighted by Gasteiger charge is 2.17. The quantitative estimate of drug-likeness (QED) is 0.808. The molecule has 0 aliphatic heterocycles. The molecular weight excluding hydrogens is 212 g/mol. The molecule has 1 aliphatic carbocycles. The van der Waals surface area contributed by atoms with E-state index in [1.54, 1.807) is 0 Å². The summed E-state index contributed by atoms with van der Waals surface area (Å²) in [7, 11) is 0. The topological polar surface area (TPSA) is 45.8 Å². The average Bonchev–Trinajstić information content (AvgIpc) is 2.73. The molecule has 0 saturated heterocycles. The maximum atomic E-state index is 12.0. The highest BCUT2D eigenvalue weighted by molar-refractivity contribution is 5.70. The lowest BCUT2D eigenvalue weighted by atomic mass is 10.1. The first-order chi connectivity index (χ1) is 8.25. The van der Waals surface area contributed by atoms with Gasteiger partial charge >= 0.3 is 0 Å². The van der Waals surface area contributed by atoms with Gasteiger partial charge in [0.2, 0.25) is 0 Å². The van der Waals surface area contributed by atoms with Crippen LogP contribution in [0.1, 0.15) is 18.2 Å². The predicted octanol–water partition coefficient (Wildman–Crippen LogP) is 2.40. The molecule has 0 atom stereocenters. The van der Waals surface area contributed by atoms with Crippen LogP contribution < -0.4 is 5.56 Å². The van der Waals surface area contributed by atoms with E-state index in [-0.39, 0.29) is 5.56 Å². The van der Waals surface area contributed by atoms with E-state index in [9.17, 15) is 4.79 Å². The number of aromatic amines is 1. The van der Waals surface area contributed by atoms with Crippen molar-refractivity contribution in [1.29, 1.82) is 0 Å². The molecule has 0 unspecified atom stereocenters. The first-order valence-electron chi connectivity index (χ1n) is 5.61. The third-order valence-electron chi connectivity index (χ3n) is 3.04. The molecule has 84 valence electrons. The number of nitrogens with zero attached hydrogens (tertiary/aromatic N) is 1. The van der Waals surface area contributed by atoms with Gasteiger partial charge in [-0.25, -0.2) is 4.98 Å². The Morgan fingerprint density at radius 2 is 2.00 bits per heavy atom. The zero-order chi connectivity index (χ0) is 11.8. The summed E-state index contributed by atoms with van der Waals surface area (Å²) in [6.45, 7) is 1.95. The van der Waals surface area contributed by atoms with E-state index in [0.29, 0.717) is 5.82 Å². The second kappa shape index (κ2) is 3.70. The molecule has 3 rings (SSSR count). The Labute approximate surface area is 98.9 Å². The lowest BCUT2D eigenvalue weighted by Crippen LogP contribution is -2.15. The SMILES string of the molecule is CC1=CCc2nc(-c3ccccc3)[nH]c(=O)c21. The molecule has 1 N–H and O–H groups in total. The number of hydrogen-bond acceptors (Lipinski definition) is 2. The Morgan fingerprint density at radius 1 is 1.24 bits per heavy atom. The minimum Gasteiger partial charge on any atom is -0.306 e. The maximum absolute atomic E-state index is 12.0. The molecular formula is C14H12N2O. The van der Waals surface area contributed by atoms with Crippen molar-refractivity contribution in [3.05, 3.63) is 58.0 Å². The van der Waals surface area contributed by atoms with Gasteiger partial charge in [0.05, 0.1) is 11.3 Å². The van der Waals surface area contributed by atoms with E-state index in [2.05, 4.69) is 9.97 Å². The normalized spacial score (nSPS) is 13.4. The Hall–Kier alpha value is -2.16. The van der Waals surface area contributed by atoms with Crippen LogP contribution in [-0.4, -0.2) is 9.97 Å². The third-order valence-corrected chi connectivity index (χ3v) is 3.04. The standard InChI is InChI=1S/C14H12N2O/c1-9-7-8-11-12(9)14(17)16-13(15-11)10-5-3-2-4-6-10/h2-7H,8H2,1H3,(H,15,16,17). The number of H-pyrrole nitrogens is 1. The van der Waals surface area contributed by atoms with Crippen molar-refractivity contribution in [3.63, 3.8) is 0 Å². The first kappa shape index (κ1) is 10.0. The molecule has 1 aromatic heterocycles. The van der Waals surface area contributed by atoms with Crippen molar-refractivity contribution in [3.8, 4) is 11.4 Å². The lowest BCUT2D eigenvalue weighted by molar-refractivity contribution is 1.04. The summed E-state index contributed by atoms with van der Waals surface area (Å²) in [5.41, 5.74) is 3.54. The number of hydrogen-bond donors (Lipinski definition) is 1. The average molecular weight is 224 g/mol. The van der Waals surface area contributed by atoms with Gasteiger partial charge in [-0.2, -0.15) is 0 Å². The van der Waals surface area contributed by atoms with Gasteiger partial charge in [0, 0.05) is 12.0 Å².